The minimum Gasteiger partial charge on any atom is -0.496 e. The predicted octanol–water partition coefficient (Wildman–Crippen LogP) is 2.25. The van der Waals surface area contributed by atoms with Crippen molar-refractivity contribution in [1.29, 1.82) is 0 Å². The van der Waals surface area contributed by atoms with Gasteiger partial charge in [-0.25, -0.2) is 8.78 Å². The topological polar surface area (TPSA) is 35.2 Å². The van der Waals surface area contributed by atoms with Crippen molar-refractivity contribution in [3.05, 3.63) is 29.3 Å². The molecule has 0 fully saturated rings. The lowest BCUT2D eigenvalue weighted by Gasteiger charge is -2.11. The molecule has 0 amide bonds. The summed E-state index contributed by atoms with van der Waals surface area (Å²) in [7, 11) is 1.39. The third-order valence-corrected chi connectivity index (χ3v) is 2.19. The fourth-order valence-electron chi connectivity index (χ4n) is 1.38. The monoisotopic (exact) mass is 215 g/mol. The SMILES string of the molecule is COc1cc(F)cc(F)c1CC[C@@H](C)N. The molecule has 0 spiro atoms. The zero-order valence-corrected chi connectivity index (χ0v) is 8.89. The van der Waals surface area contributed by atoms with E-state index < -0.39 is 11.6 Å². The molecular formula is C11H15F2NO. The van der Waals surface area contributed by atoms with Gasteiger partial charge in [0.25, 0.3) is 0 Å². The van der Waals surface area contributed by atoms with Crippen LogP contribution in [0, 0.1) is 11.6 Å². The van der Waals surface area contributed by atoms with Crippen molar-refractivity contribution in [2.24, 2.45) is 5.73 Å². The Morgan fingerprint density at radius 1 is 1.40 bits per heavy atom. The van der Waals surface area contributed by atoms with Gasteiger partial charge in [0.1, 0.15) is 17.4 Å². The predicted molar refractivity (Wildman–Crippen MR) is 54.9 cm³/mol. The van der Waals surface area contributed by atoms with Crippen molar-refractivity contribution < 1.29 is 13.5 Å². The van der Waals surface area contributed by atoms with Gasteiger partial charge in [-0.2, -0.15) is 0 Å². The Morgan fingerprint density at radius 3 is 2.60 bits per heavy atom. The second kappa shape index (κ2) is 5.07. The lowest BCUT2D eigenvalue weighted by molar-refractivity contribution is 0.398. The molecule has 0 saturated carbocycles. The second-order valence-electron chi connectivity index (χ2n) is 3.58. The molecule has 1 aromatic rings. The lowest BCUT2D eigenvalue weighted by atomic mass is 10.0. The molecule has 0 radical (unpaired) electrons. The first kappa shape index (κ1) is 11.9. The van der Waals surface area contributed by atoms with Crippen molar-refractivity contribution in [2.75, 3.05) is 7.11 Å². The van der Waals surface area contributed by atoms with Crippen LogP contribution in [0.5, 0.6) is 5.75 Å². The molecule has 1 aromatic carbocycles. The van der Waals surface area contributed by atoms with Gasteiger partial charge in [0.2, 0.25) is 0 Å². The van der Waals surface area contributed by atoms with E-state index in [-0.39, 0.29) is 11.8 Å². The molecule has 0 unspecified atom stereocenters. The van der Waals surface area contributed by atoms with E-state index in [1.165, 1.54) is 13.2 Å². The summed E-state index contributed by atoms with van der Waals surface area (Å²) < 4.78 is 31.2. The highest BCUT2D eigenvalue weighted by atomic mass is 19.1. The largest absolute Gasteiger partial charge is 0.496 e. The van der Waals surface area contributed by atoms with E-state index in [1.807, 2.05) is 6.92 Å². The summed E-state index contributed by atoms with van der Waals surface area (Å²) >= 11 is 0. The van der Waals surface area contributed by atoms with Crippen molar-refractivity contribution in [2.45, 2.75) is 25.8 Å². The van der Waals surface area contributed by atoms with Gasteiger partial charge in [0.15, 0.2) is 0 Å². The molecule has 0 aromatic heterocycles. The van der Waals surface area contributed by atoms with Crippen LogP contribution in [0.1, 0.15) is 18.9 Å². The van der Waals surface area contributed by atoms with Crippen LogP contribution in [-0.2, 0) is 6.42 Å². The molecule has 4 heteroatoms. The van der Waals surface area contributed by atoms with Crippen molar-refractivity contribution in [1.82, 2.24) is 0 Å². The van der Waals surface area contributed by atoms with Gasteiger partial charge >= 0.3 is 0 Å². The normalized spacial score (nSPS) is 12.6. The van der Waals surface area contributed by atoms with Gasteiger partial charge in [0.05, 0.1) is 7.11 Å². The molecule has 1 atom stereocenters. The van der Waals surface area contributed by atoms with Crippen molar-refractivity contribution in [3.63, 3.8) is 0 Å². The van der Waals surface area contributed by atoms with Gasteiger partial charge in [0, 0.05) is 23.7 Å². The van der Waals surface area contributed by atoms with Crippen LogP contribution in [0.2, 0.25) is 0 Å². The Labute approximate surface area is 88.0 Å². The molecular weight excluding hydrogens is 200 g/mol. The second-order valence-corrected chi connectivity index (χ2v) is 3.58. The zero-order valence-electron chi connectivity index (χ0n) is 8.89. The van der Waals surface area contributed by atoms with E-state index in [9.17, 15) is 8.78 Å². The minimum atomic E-state index is -0.631. The van der Waals surface area contributed by atoms with Gasteiger partial charge in [-0.1, -0.05) is 0 Å². The Bertz CT molecular complexity index is 340. The van der Waals surface area contributed by atoms with Crippen LogP contribution in [0.4, 0.5) is 8.78 Å². The van der Waals surface area contributed by atoms with E-state index in [0.717, 1.165) is 6.07 Å². The molecule has 0 aliphatic rings. The van der Waals surface area contributed by atoms with Gasteiger partial charge < -0.3 is 10.5 Å². The zero-order chi connectivity index (χ0) is 11.4. The van der Waals surface area contributed by atoms with Gasteiger partial charge in [-0.3, -0.25) is 0 Å². The number of benzene rings is 1. The average Bonchev–Trinajstić information content (AvgIpc) is 2.14. The highest BCUT2D eigenvalue weighted by Crippen LogP contribution is 2.24. The van der Waals surface area contributed by atoms with Crippen molar-refractivity contribution in [3.8, 4) is 5.75 Å². The fraction of sp³-hybridized carbons (Fsp3) is 0.455. The summed E-state index contributed by atoms with van der Waals surface area (Å²) in [5.41, 5.74) is 5.96. The van der Waals surface area contributed by atoms with Crippen LogP contribution in [0.25, 0.3) is 0 Å². The van der Waals surface area contributed by atoms with Gasteiger partial charge in [-0.15, -0.1) is 0 Å². The number of hydrogen-bond acceptors (Lipinski definition) is 2. The minimum absolute atomic E-state index is 0.0147. The summed E-state index contributed by atoms with van der Waals surface area (Å²) in [5.74, 6) is -0.963. The Hall–Kier alpha value is -1.16. The molecule has 2 nitrogen and oxygen atoms in total. The average molecular weight is 215 g/mol. The number of methoxy groups -OCH3 is 1. The molecule has 0 saturated heterocycles. The Balaban J connectivity index is 2.93. The fourth-order valence-corrected chi connectivity index (χ4v) is 1.38. The molecule has 84 valence electrons. The summed E-state index contributed by atoms with van der Waals surface area (Å²) in [6, 6.07) is 2.03. The summed E-state index contributed by atoms with van der Waals surface area (Å²) in [4.78, 5) is 0. The Kier molecular flexibility index (Phi) is 4.03. The summed E-state index contributed by atoms with van der Waals surface area (Å²) in [6.07, 6.45) is 1.09. The van der Waals surface area contributed by atoms with Crippen LogP contribution in [0.15, 0.2) is 12.1 Å². The molecule has 15 heavy (non-hydrogen) atoms. The van der Waals surface area contributed by atoms with Crippen LogP contribution in [-0.4, -0.2) is 13.2 Å². The maximum absolute atomic E-state index is 13.4. The maximum atomic E-state index is 13.4. The molecule has 0 heterocycles. The molecule has 1 rings (SSSR count). The third kappa shape index (κ3) is 3.16. The van der Waals surface area contributed by atoms with E-state index in [0.29, 0.717) is 18.4 Å². The molecule has 0 aliphatic carbocycles. The number of hydrogen-bond donors (Lipinski definition) is 1. The number of rotatable bonds is 4. The highest BCUT2D eigenvalue weighted by Gasteiger charge is 2.12. The number of nitrogens with two attached hydrogens (primary N) is 1. The van der Waals surface area contributed by atoms with Crippen LogP contribution >= 0.6 is 0 Å². The first-order valence-electron chi connectivity index (χ1n) is 4.82. The molecule has 0 bridgehead atoms. The summed E-state index contributed by atoms with van der Waals surface area (Å²) in [5, 5.41) is 0. The number of ether oxygens (including phenoxy) is 1. The molecule has 2 N–H and O–H groups in total. The van der Waals surface area contributed by atoms with E-state index in [2.05, 4.69) is 0 Å². The van der Waals surface area contributed by atoms with Gasteiger partial charge in [-0.05, 0) is 19.8 Å². The first-order chi connectivity index (χ1) is 7.04. The molecule has 0 aliphatic heterocycles. The van der Waals surface area contributed by atoms with Crippen molar-refractivity contribution >= 4 is 0 Å². The summed E-state index contributed by atoms with van der Waals surface area (Å²) in [6.45, 7) is 1.84. The quantitative estimate of drug-likeness (QED) is 0.836. The highest BCUT2D eigenvalue weighted by molar-refractivity contribution is 5.35. The maximum Gasteiger partial charge on any atom is 0.133 e. The third-order valence-electron chi connectivity index (χ3n) is 2.19. The standard InChI is InChI=1S/C11H15F2NO/c1-7(14)3-4-9-10(13)5-8(12)6-11(9)15-2/h5-7H,3-4,14H2,1-2H3/t7-/m1/s1. The van der Waals surface area contributed by atoms with E-state index in [1.54, 1.807) is 0 Å². The smallest absolute Gasteiger partial charge is 0.133 e. The number of halogens is 2. The lowest BCUT2D eigenvalue weighted by Crippen LogP contribution is -2.16. The first-order valence-corrected chi connectivity index (χ1v) is 4.82. The van der Waals surface area contributed by atoms with Crippen LogP contribution in [0.3, 0.4) is 0 Å². The van der Waals surface area contributed by atoms with E-state index >= 15 is 0 Å². The van der Waals surface area contributed by atoms with Crippen LogP contribution < -0.4 is 10.5 Å². The van der Waals surface area contributed by atoms with E-state index in [4.69, 9.17) is 10.5 Å². The Morgan fingerprint density at radius 2 is 2.07 bits per heavy atom.